The molecule has 1 aromatic heterocycles. The molecule has 0 unspecified atom stereocenters. The first-order valence-corrected chi connectivity index (χ1v) is 7.93. The molecule has 0 bridgehead atoms. The second kappa shape index (κ2) is 7.59. The second-order valence-corrected chi connectivity index (χ2v) is 5.77. The van der Waals surface area contributed by atoms with E-state index in [1.165, 1.54) is 55.8 Å². The van der Waals surface area contributed by atoms with Crippen LogP contribution in [0.1, 0.15) is 51.9 Å². The van der Waals surface area contributed by atoms with E-state index in [1.807, 2.05) is 6.07 Å². The van der Waals surface area contributed by atoms with Gasteiger partial charge in [0, 0.05) is 23.3 Å². The molecule has 0 aliphatic carbocycles. The van der Waals surface area contributed by atoms with E-state index in [2.05, 4.69) is 35.9 Å². The average molecular weight is 278 g/mol. The monoisotopic (exact) mass is 277 g/mol. The van der Waals surface area contributed by atoms with Gasteiger partial charge in [-0.1, -0.05) is 63.1 Å². The number of hydrogen-bond acceptors (Lipinski definition) is 0. The zero-order valence-electron chi connectivity index (χ0n) is 11.9. The van der Waals surface area contributed by atoms with E-state index >= 15 is 0 Å². The zero-order valence-corrected chi connectivity index (χ0v) is 12.6. The number of nitrogens with zero attached hydrogens (tertiary/aromatic N) is 1. The summed E-state index contributed by atoms with van der Waals surface area (Å²) in [6, 6.07) is 8.30. The molecule has 2 rings (SSSR count). The largest absolute Gasteiger partial charge is 0.347 e. The molecule has 0 atom stereocenters. The molecule has 0 aliphatic heterocycles. The first kappa shape index (κ1) is 14.5. The molecule has 2 aromatic rings. The number of fused-ring (bicyclic) bond motifs is 1. The van der Waals surface area contributed by atoms with Crippen LogP contribution in [-0.2, 0) is 6.54 Å². The number of benzene rings is 1. The molecular formula is C17H24ClN. The molecule has 0 N–H and O–H groups in total. The third kappa shape index (κ3) is 4.28. The highest BCUT2D eigenvalue weighted by Crippen LogP contribution is 2.21. The number of aromatic nitrogens is 1. The first-order valence-electron chi connectivity index (χ1n) is 7.55. The fourth-order valence-corrected chi connectivity index (χ4v) is 2.76. The van der Waals surface area contributed by atoms with Gasteiger partial charge < -0.3 is 4.57 Å². The zero-order chi connectivity index (χ0) is 13.5. The van der Waals surface area contributed by atoms with Gasteiger partial charge >= 0.3 is 0 Å². The van der Waals surface area contributed by atoms with Crippen LogP contribution in [0.3, 0.4) is 0 Å². The van der Waals surface area contributed by atoms with Gasteiger partial charge in [0.25, 0.3) is 0 Å². The molecule has 0 fully saturated rings. The van der Waals surface area contributed by atoms with Crippen molar-refractivity contribution in [3.8, 4) is 0 Å². The Bertz CT molecular complexity index is 501. The molecule has 1 nitrogen and oxygen atoms in total. The molecule has 0 spiro atoms. The number of unbranched alkanes of at least 4 members (excludes halogenated alkanes) is 6. The minimum absolute atomic E-state index is 0.826. The van der Waals surface area contributed by atoms with Crippen LogP contribution in [0.2, 0.25) is 5.02 Å². The Kier molecular flexibility index (Phi) is 5.78. The van der Waals surface area contributed by atoms with E-state index in [4.69, 9.17) is 11.6 Å². The SMILES string of the molecule is CCCCCCCCCn1ccc2ccc(Cl)cc21. The van der Waals surface area contributed by atoms with Gasteiger partial charge in [-0.2, -0.15) is 0 Å². The van der Waals surface area contributed by atoms with Crippen molar-refractivity contribution in [1.82, 2.24) is 4.57 Å². The molecule has 0 amide bonds. The maximum Gasteiger partial charge on any atom is 0.0495 e. The van der Waals surface area contributed by atoms with Crippen molar-refractivity contribution in [2.24, 2.45) is 0 Å². The van der Waals surface area contributed by atoms with Gasteiger partial charge in [-0.05, 0) is 30.0 Å². The van der Waals surface area contributed by atoms with Crippen molar-refractivity contribution < 1.29 is 0 Å². The lowest BCUT2D eigenvalue weighted by molar-refractivity contribution is 0.556. The predicted molar refractivity (Wildman–Crippen MR) is 84.9 cm³/mol. The summed E-state index contributed by atoms with van der Waals surface area (Å²) in [5.41, 5.74) is 1.26. The summed E-state index contributed by atoms with van der Waals surface area (Å²) in [4.78, 5) is 0. The van der Waals surface area contributed by atoms with E-state index in [0.717, 1.165) is 11.6 Å². The second-order valence-electron chi connectivity index (χ2n) is 5.33. The number of aryl methyl sites for hydroxylation is 1. The average Bonchev–Trinajstić information content (AvgIpc) is 2.80. The highest BCUT2D eigenvalue weighted by molar-refractivity contribution is 6.31. The lowest BCUT2D eigenvalue weighted by Gasteiger charge is -2.06. The first-order chi connectivity index (χ1) is 9.31. The van der Waals surface area contributed by atoms with Gasteiger partial charge in [-0.15, -0.1) is 0 Å². The number of halogens is 1. The van der Waals surface area contributed by atoms with E-state index in [9.17, 15) is 0 Å². The molecule has 0 radical (unpaired) electrons. The van der Waals surface area contributed by atoms with E-state index in [1.54, 1.807) is 0 Å². The van der Waals surface area contributed by atoms with Crippen LogP contribution >= 0.6 is 11.6 Å². The maximum absolute atomic E-state index is 6.07. The van der Waals surface area contributed by atoms with Gasteiger partial charge in [0.05, 0.1) is 0 Å². The van der Waals surface area contributed by atoms with Crippen molar-refractivity contribution in [2.75, 3.05) is 0 Å². The summed E-state index contributed by atoms with van der Waals surface area (Å²) in [6.45, 7) is 3.37. The van der Waals surface area contributed by atoms with Crippen LogP contribution in [-0.4, -0.2) is 4.57 Å². The Morgan fingerprint density at radius 2 is 1.68 bits per heavy atom. The number of hydrogen-bond donors (Lipinski definition) is 0. The van der Waals surface area contributed by atoms with Crippen LogP contribution in [0.15, 0.2) is 30.5 Å². The smallest absolute Gasteiger partial charge is 0.0495 e. The summed E-state index contributed by atoms with van der Waals surface area (Å²) >= 11 is 6.07. The van der Waals surface area contributed by atoms with Crippen molar-refractivity contribution in [3.05, 3.63) is 35.5 Å². The van der Waals surface area contributed by atoms with Crippen molar-refractivity contribution in [2.45, 2.75) is 58.4 Å². The molecular weight excluding hydrogens is 254 g/mol. The standard InChI is InChI=1S/C17H24ClN/c1-2-3-4-5-6-7-8-12-19-13-11-15-9-10-16(18)14-17(15)19/h9-11,13-14H,2-8,12H2,1H3. The molecule has 0 aliphatic rings. The van der Waals surface area contributed by atoms with Crippen LogP contribution in [0, 0.1) is 0 Å². The summed E-state index contributed by atoms with van der Waals surface area (Å²) in [5.74, 6) is 0. The summed E-state index contributed by atoms with van der Waals surface area (Å²) in [6.07, 6.45) is 11.7. The van der Waals surface area contributed by atoms with Gasteiger partial charge in [-0.3, -0.25) is 0 Å². The molecule has 104 valence electrons. The predicted octanol–water partition coefficient (Wildman–Crippen LogP) is 6.05. The maximum atomic E-state index is 6.07. The quantitative estimate of drug-likeness (QED) is 0.518. The van der Waals surface area contributed by atoms with Gasteiger partial charge in [0.2, 0.25) is 0 Å². The molecule has 2 heteroatoms. The van der Waals surface area contributed by atoms with Crippen LogP contribution < -0.4 is 0 Å². The Morgan fingerprint density at radius 1 is 0.947 bits per heavy atom. The third-order valence-electron chi connectivity index (χ3n) is 3.74. The Morgan fingerprint density at radius 3 is 2.47 bits per heavy atom. The molecule has 19 heavy (non-hydrogen) atoms. The summed E-state index contributed by atoms with van der Waals surface area (Å²) < 4.78 is 2.33. The molecule has 1 aromatic carbocycles. The summed E-state index contributed by atoms with van der Waals surface area (Å²) in [7, 11) is 0. The van der Waals surface area contributed by atoms with Crippen molar-refractivity contribution in [1.29, 1.82) is 0 Å². The normalized spacial score (nSPS) is 11.3. The fourth-order valence-electron chi connectivity index (χ4n) is 2.59. The molecule has 0 saturated heterocycles. The summed E-state index contributed by atoms with van der Waals surface area (Å²) in [5, 5.41) is 2.11. The van der Waals surface area contributed by atoms with Crippen molar-refractivity contribution >= 4 is 22.5 Å². The highest BCUT2D eigenvalue weighted by atomic mass is 35.5. The van der Waals surface area contributed by atoms with E-state index in [-0.39, 0.29) is 0 Å². The highest BCUT2D eigenvalue weighted by Gasteiger charge is 2.01. The van der Waals surface area contributed by atoms with Gasteiger partial charge in [0.1, 0.15) is 0 Å². The molecule has 0 saturated carbocycles. The number of rotatable bonds is 8. The minimum Gasteiger partial charge on any atom is -0.347 e. The van der Waals surface area contributed by atoms with E-state index < -0.39 is 0 Å². The van der Waals surface area contributed by atoms with Gasteiger partial charge in [-0.25, -0.2) is 0 Å². The third-order valence-corrected chi connectivity index (χ3v) is 3.97. The Balaban J connectivity index is 1.77. The van der Waals surface area contributed by atoms with Crippen LogP contribution in [0.5, 0.6) is 0 Å². The lowest BCUT2D eigenvalue weighted by atomic mass is 10.1. The lowest BCUT2D eigenvalue weighted by Crippen LogP contribution is -1.95. The Hall–Kier alpha value is -0.950. The Labute approximate surface area is 121 Å². The van der Waals surface area contributed by atoms with E-state index in [0.29, 0.717) is 0 Å². The minimum atomic E-state index is 0.826. The van der Waals surface area contributed by atoms with Gasteiger partial charge in [0.15, 0.2) is 0 Å². The van der Waals surface area contributed by atoms with Crippen LogP contribution in [0.4, 0.5) is 0 Å². The molecule has 1 heterocycles. The fraction of sp³-hybridized carbons (Fsp3) is 0.529. The van der Waals surface area contributed by atoms with Crippen LogP contribution in [0.25, 0.3) is 10.9 Å². The topological polar surface area (TPSA) is 4.93 Å². The van der Waals surface area contributed by atoms with Crippen molar-refractivity contribution in [3.63, 3.8) is 0 Å².